The lowest BCUT2D eigenvalue weighted by atomic mass is 10.1. The van der Waals surface area contributed by atoms with Gasteiger partial charge in [-0.15, -0.1) is 0 Å². The molecule has 6 heteroatoms. The van der Waals surface area contributed by atoms with E-state index in [1.807, 2.05) is 44.2 Å². The molecular weight excluding hydrogens is 324 g/mol. The molecule has 0 aliphatic carbocycles. The second kappa shape index (κ2) is 7.90. The molecule has 0 aliphatic heterocycles. The number of aliphatic hydroxyl groups excluding tert-OH is 1. The topological polar surface area (TPSA) is 78.4 Å². The first-order valence-corrected chi connectivity index (χ1v) is 9.33. The third kappa shape index (κ3) is 4.64. The molecule has 2 aromatic carbocycles. The van der Waals surface area contributed by atoms with Gasteiger partial charge in [0.25, 0.3) is 0 Å². The van der Waals surface area contributed by atoms with Gasteiger partial charge in [-0.05, 0) is 44.2 Å². The predicted molar refractivity (Wildman–Crippen MR) is 95.2 cm³/mol. The van der Waals surface area contributed by atoms with Crippen LogP contribution in [0.15, 0.2) is 53.4 Å². The lowest BCUT2D eigenvalue weighted by Crippen LogP contribution is -2.25. The van der Waals surface area contributed by atoms with Gasteiger partial charge in [0.2, 0.25) is 10.0 Å². The summed E-state index contributed by atoms with van der Waals surface area (Å²) in [6.07, 6.45) is -0.614. The Balaban J connectivity index is 2.05. The first-order valence-electron chi connectivity index (χ1n) is 7.85. The Morgan fingerprint density at radius 3 is 2.42 bits per heavy atom. The van der Waals surface area contributed by atoms with Gasteiger partial charge in [0.1, 0.15) is 0 Å². The lowest BCUT2D eigenvalue weighted by molar-refractivity contribution is 0.170. The maximum absolute atomic E-state index is 11.9. The summed E-state index contributed by atoms with van der Waals surface area (Å²) >= 11 is 0. The first-order chi connectivity index (χ1) is 11.3. The lowest BCUT2D eigenvalue weighted by Gasteiger charge is -2.18. The molecule has 2 aromatic rings. The van der Waals surface area contributed by atoms with Crippen molar-refractivity contribution in [2.45, 2.75) is 30.9 Å². The van der Waals surface area contributed by atoms with Crippen molar-refractivity contribution in [3.63, 3.8) is 0 Å². The molecule has 0 bridgehead atoms. The fraction of sp³-hybridized carbons (Fsp3) is 0.333. The van der Waals surface area contributed by atoms with Crippen molar-refractivity contribution in [1.29, 1.82) is 0 Å². The van der Waals surface area contributed by atoms with Crippen molar-refractivity contribution in [2.24, 2.45) is 0 Å². The fourth-order valence-corrected chi connectivity index (χ4v) is 3.26. The maximum atomic E-state index is 11.9. The van der Waals surface area contributed by atoms with Crippen LogP contribution in [0.5, 0.6) is 0 Å². The van der Waals surface area contributed by atoms with Crippen LogP contribution in [0.1, 0.15) is 35.8 Å². The van der Waals surface area contributed by atoms with Gasteiger partial charge in [-0.3, -0.25) is 0 Å². The molecule has 0 aromatic heterocycles. The minimum atomic E-state index is -3.46. The van der Waals surface area contributed by atoms with Gasteiger partial charge in [-0.2, -0.15) is 0 Å². The minimum absolute atomic E-state index is 0.0866. The SMILES string of the molecule is CNS(=O)(=O)c1cccc([C@@H](C)NC[C@@H](O)c2cccc(C)c2)c1. The largest absolute Gasteiger partial charge is 0.387 e. The average molecular weight is 348 g/mol. The molecule has 0 amide bonds. The quantitative estimate of drug-likeness (QED) is 0.717. The first kappa shape index (κ1) is 18.6. The molecule has 24 heavy (non-hydrogen) atoms. The zero-order valence-corrected chi connectivity index (χ0v) is 15.0. The van der Waals surface area contributed by atoms with E-state index in [9.17, 15) is 13.5 Å². The summed E-state index contributed by atoms with van der Waals surface area (Å²) in [6.45, 7) is 4.31. The molecule has 0 unspecified atom stereocenters. The zero-order chi connectivity index (χ0) is 17.7. The monoisotopic (exact) mass is 348 g/mol. The van der Waals surface area contributed by atoms with E-state index in [1.165, 1.54) is 7.05 Å². The normalized spacial score (nSPS) is 14.3. The summed E-state index contributed by atoms with van der Waals surface area (Å²) in [6, 6.07) is 14.5. The second-order valence-electron chi connectivity index (χ2n) is 5.84. The molecule has 0 saturated carbocycles. The third-order valence-corrected chi connectivity index (χ3v) is 5.39. The van der Waals surface area contributed by atoms with Crippen LogP contribution in [0.3, 0.4) is 0 Å². The number of hydrogen-bond acceptors (Lipinski definition) is 4. The summed E-state index contributed by atoms with van der Waals surface area (Å²) in [5.74, 6) is 0. The van der Waals surface area contributed by atoms with Crippen LogP contribution in [0.2, 0.25) is 0 Å². The Bertz CT molecular complexity index is 790. The Labute approximate surface area is 143 Å². The summed E-state index contributed by atoms with van der Waals surface area (Å²) < 4.78 is 26.1. The van der Waals surface area contributed by atoms with Crippen molar-refractivity contribution in [3.8, 4) is 0 Å². The smallest absolute Gasteiger partial charge is 0.240 e. The van der Waals surface area contributed by atoms with Crippen molar-refractivity contribution in [2.75, 3.05) is 13.6 Å². The molecule has 130 valence electrons. The highest BCUT2D eigenvalue weighted by molar-refractivity contribution is 7.89. The Hall–Kier alpha value is -1.73. The molecule has 2 rings (SSSR count). The van der Waals surface area contributed by atoms with Gasteiger partial charge >= 0.3 is 0 Å². The number of aryl methyl sites for hydroxylation is 1. The highest BCUT2D eigenvalue weighted by Gasteiger charge is 2.15. The van der Waals surface area contributed by atoms with Crippen LogP contribution in [-0.2, 0) is 10.0 Å². The van der Waals surface area contributed by atoms with E-state index >= 15 is 0 Å². The number of nitrogens with one attached hydrogen (secondary N) is 2. The molecule has 0 radical (unpaired) electrons. The Kier molecular flexibility index (Phi) is 6.12. The molecule has 0 heterocycles. The van der Waals surface area contributed by atoms with Gasteiger partial charge in [0.05, 0.1) is 11.0 Å². The van der Waals surface area contributed by atoms with Crippen LogP contribution in [0.25, 0.3) is 0 Å². The van der Waals surface area contributed by atoms with Crippen molar-refractivity contribution in [1.82, 2.24) is 10.0 Å². The van der Waals surface area contributed by atoms with Gasteiger partial charge in [-0.1, -0.05) is 42.0 Å². The van der Waals surface area contributed by atoms with E-state index in [0.717, 1.165) is 16.7 Å². The molecule has 5 nitrogen and oxygen atoms in total. The molecule has 0 saturated heterocycles. The van der Waals surface area contributed by atoms with E-state index in [2.05, 4.69) is 10.0 Å². The van der Waals surface area contributed by atoms with E-state index < -0.39 is 16.1 Å². The van der Waals surface area contributed by atoms with Crippen LogP contribution in [0.4, 0.5) is 0 Å². The second-order valence-corrected chi connectivity index (χ2v) is 7.73. The molecule has 2 atom stereocenters. The molecule has 0 aliphatic rings. The number of hydrogen-bond donors (Lipinski definition) is 3. The summed E-state index contributed by atoms with van der Waals surface area (Å²) in [7, 11) is -2.07. The number of rotatable bonds is 7. The molecule has 0 spiro atoms. The highest BCUT2D eigenvalue weighted by atomic mass is 32.2. The standard InChI is InChI=1S/C18H24N2O3S/c1-13-6-4-8-16(10-13)18(21)12-20-14(2)15-7-5-9-17(11-15)24(22,23)19-3/h4-11,14,18-21H,12H2,1-3H3/t14-,18-/m1/s1. The third-order valence-electron chi connectivity index (χ3n) is 3.98. The van der Waals surface area contributed by atoms with Crippen LogP contribution < -0.4 is 10.0 Å². The molecule has 0 fully saturated rings. The van der Waals surface area contributed by atoms with E-state index in [0.29, 0.717) is 6.54 Å². The van der Waals surface area contributed by atoms with Crippen molar-refractivity contribution >= 4 is 10.0 Å². The average Bonchev–Trinajstić information content (AvgIpc) is 2.59. The van der Waals surface area contributed by atoms with Gasteiger partial charge in [-0.25, -0.2) is 13.1 Å². The van der Waals surface area contributed by atoms with E-state index in [-0.39, 0.29) is 10.9 Å². The van der Waals surface area contributed by atoms with Crippen molar-refractivity contribution < 1.29 is 13.5 Å². The number of aliphatic hydroxyl groups is 1. The minimum Gasteiger partial charge on any atom is -0.387 e. The van der Waals surface area contributed by atoms with Crippen LogP contribution in [-0.4, -0.2) is 27.1 Å². The van der Waals surface area contributed by atoms with Crippen LogP contribution in [0, 0.1) is 6.92 Å². The Morgan fingerprint density at radius 2 is 1.75 bits per heavy atom. The molecule has 3 N–H and O–H groups in total. The van der Waals surface area contributed by atoms with Gasteiger partial charge < -0.3 is 10.4 Å². The number of sulfonamides is 1. The van der Waals surface area contributed by atoms with Crippen molar-refractivity contribution in [3.05, 3.63) is 65.2 Å². The van der Waals surface area contributed by atoms with E-state index in [1.54, 1.807) is 18.2 Å². The summed E-state index contributed by atoms with van der Waals surface area (Å²) in [4.78, 5) is 0.232. The highest BCUT2D eigenvalue weighted by Crippen LogP contribution is 2.19. The predicted octanol–water partition coefficient (Wildman–Crippen LogP) is 2.29. The van der Waals surface area contributed by atoms with Gasteiger partial charge in [0, 0.05) is 12.6 Å². The summed E-state index contributed by atoms with van der Waals surface area (Å²) in [5.41, 5.74) is 2.81. The zero-order valence-electron chi connectivity index (χ0n) is 14.2. The molecular formula is C18H24N2O3S. The van der Waals surface area contributed by atoms with Gasteiger partial charge in [0.15, 0.2) is 0 Å². The van der Waals surface area contributed by atoms with E-state index in [4.69, 9.17) is 0 Å². The van der Waals surface area contributed by atoms with Crippen LogP contribution >= 0.6 is 0 Å². The summed E-state index contributed by atoms with van der Waals surface area (Å²) in [5, 5.41) is 13.5. The maximum Gasteiger partial charge on any atom is 0.240 e. The Morgan fingerprint density at radius 1 is 1.08 bits per heavy atom. The number of benzene rings is 2. The fourth-order valence-electron chi connectivity index (χ4n) is 2.47.